The van der Waals surface area contributed by atoms with E-state index in [9.17, 15) is 4.79 Å². The molecule has 8 heteroatoms. The predicted molar refractivity (Wildman–Crippen MR) is 114 cm³/mol. The first-order chi connectivity index (χ1) is 14.4. The lowest BCUT2D eigenvalue weighted by Crippen LogP contribution is -2.32. The first kappa shape index (κ1) is 20.1. The van der Waals surface area contributed by atoms with Crippen LogP contribution in [0.25, 0.3) is 27.9 Å². The van der Waals surface area contributed by atoms with Crippen LogP contribution in [0.15, 0.2) is 45.9 Å². The number of rotatable bonds is 7. The van der Waals surface area contributed by atoms with Gasteiger partial charge in [0.05, 0.1) is 29.3 Å². The monoisotopic (exact) mass is 408 g/mol. The molecule has 0 spiro atoms. The highest BCUT2D eigenvalue weighted by Crippen LogP contribution is 2.25. The van der Waals surface area contributed by atoms with Crippen molar-refractivity contribution in [2.45, 2.75) is 26.8 Å². The summed E-state index contributed by atoms with van der Waals surface area (Å²) in [5.41, 5.74) is 3.34. The Kier molecular flexibility index (Phi) is 5.52. The molecule has 0 amide bonds. The molecule has 8 nitrogen and oxygen atoms in total. The summed E-state index contributed by atoms with van der Waals surface area (Å²) >= 11 is 0. The lowest BCUT2D eigenvalue weighted by atomic mass is 10.1. The van der Waals surface area contributed by atoms with Gasteiger partial charge in [0.15, 0.2) is 5.65 Å². The molecule has 156 valence electrons. The molecule has 4 aromatic rings. The second-order valence-corrected chi connectivity index (χ2v) is 7.36. The number of aryl methyl sites for hydroxylation is 2. The highest BCUT2D eigenvalue weighted by atomic mass is 16.5. The van der Waals surface area contributed by atoms with Crippen molar-refractivity contribution >= 4 is 16.6 Å². The van der Waals surface area contributed by atoms with Crippen LogP contribution in [0.2, 0.25) is 0 Å². The topological polar surface area (TPSA) is 102 Å². The molecule has 0 saturated heterocycles. The first-order valence-electron chi connectivity index (χ1n) is 9.83. The summed E-state index contributed by atoms with van der Waals surface area (Å²) in [7, 11) is 0. The Labute approximate surface area is 173 Å². The van der Waals surface area contributed by atoms with Crippen LogP contribution in [0.5, 0.6) is 5.75 Å². The number of ether oxygens (including phenoxy) is 1. The lowest BCUT2D eigenvalue weighted by Gasteiger charge is -2.11. The molecule has 3 aromatic heterocycles. The van der Waals surface area contributed by atoms with Crippen molar-refractivity contribution in [3.8, 4) is 17.0 Å². The highest BCUT2D eigenvalue weighted by molar-refractivity contribution is 5.82. The SMILES string of the molecule is Cc1cn2cc(-c3cc4ccc(OCCN[C@H](C)CO)cc4oc3=O)nc2c(C)n1. The van der Waals surface area contributed by atoms with Crippen molar-refractivity contribution in [1.82, 2.24) is 19.7 Å². The average molecular weight is 408 g/mol. The number of hydrogen-bond donors (Lipinski definition) is 2. The predicted octanol–water partition coefficient (Wildman–Crippen LogP) is 2.47. The van der Waals surface area contributed by atoms with Crippen molar-refractivity contribution in [3.63, 3.8) is 0 Å². The third-order valence-corrected chi connectivity index (χ3v) is 4.85. The van der Waals surface area contributed by atoms with E-state index in [0.29, 0.717) is 41.4 Å². The van der Waals surface area contributed by atoms with Crippen molar-refractivity contribution in [3.05, 3.63) is 58.5 Å². The summed E-state index contributed by atoms with van der Waals surface area (Å²) in [6.45, 7) is 6.81. The fraction of sp³-hybridized carbons (Fsp3) is 0.318. The van der Waals surface area contributed by atoms with Crippen LogP contribution >= 0.6 is 0 Å². The zero-order valence-corrected chi connectivity index (χ0v) is 17.2. The van der Waals surface area contributed by atoms with Gasteiger partial charge in [-0.05, 0) is 39.0 Å². The minimum Gasteiger partial charge on any atom is -0.492 e. The number of benzene rings is 1. The minimum atomic E-state index is -0.455. The molecule has 1 atom stereocenters. The van der Waals surface area contributed by atoms with Crippen LogP contribution in [-0.2, 0) is 0 Å². The Morgan fingerprint density at radius 2 is 2.07 bits per heavy atom. The second kappa shape index (κ2) is 8.25. The van der Waals surface area contributed by atoms with Gasteiger partial charge in [-0.2, -0.15) is 0 Å². The van der Waals surface area contributed by atoms with Crippen molar-refractivity contribution in [2.24, 2.45) is 0 Å². The Morgan fingerprint density at radius 3 is 2.87 bits per heavy atom. The van der Waals surface area contributed by atoms with Gasteiger partial charge in [0.1, 0.15) is 17.9 Å². The summed E-state index contributed by atoms with van der Waals surface area (Å²) < 4.78 is 13.1. The van der Waals surface area contributed by atoms with Gasteiger partial charge in [-0.25, -0.2) is 9.78 Å². The second-order valence-electron chi connectivity index (χ2n) is 7.36. The minimum absolute atomic E-state index is 0.0183. The van der Waals surface area contributed by atoms with Crippen LogP contribution in [-0.4, -0.2) is 45.3 Å². The van der Waals surface area contributed by atoms with E-state index >= 15 is 0 Å². The third-order valence-electron chi connectivity index (χ3n) is 4.85. The Morgan fingerprint density at radius 1 is 1.23 bits per heavy atom. The molecule has 3 heterocycles. The van der Waals surface area contributed by atoms with E-state index in [4.69, 9.17) is 14.3 Å². The van der Waals surface area contributed by atoms with Crippen molar-refractivity contribution in [1.29, 1.82) is 0 Å². The third kappa shape index (κ3) is 4.05. The van der Waals surface area contributed by atoms with Gasteiger partial charge in [0, 0.05) is 36.4 Å². The number of aliphatic hydroxyl groups excluding tert-OH is 1. The fourth-order valence-corrected chi connectivity index (χ4v) is 3.33. The zero-order valence-electron chi connectivity index (χ0n) is 17.2. The van der Waals surface area contributed by atoms with Crippen LogP contribution in [0.4, 0.5) is 0 Å². The molecular formula is C22H24N4O4. The molecule has 4 rings (SSSR count). The van der Waals surface area contributed by atoms with Crippen LogP contribution in [0.3, 0.4) is 0 Å². The summed E-state index contributed by atoms with van der Waals surface area (Å²) in [6.07, 6.45) is 3.69. The van der Waals surface area contributed by atoms with E-state index < -0.39 is 5.63 Å². The smallest absolute Gasteiger partial charge is 0.345 e. The molecular weight excluding hydrogens is 384 g/mol. The number of hydrogen-bond acceptors (Lipinski definition) is 7. The van der Waals surface area contributed by atoms with Gasteiger partial charge in [0.2, 0.25) is 0 Å². The molecule has 0 unspecified atom stereocenters. The average Bonchev–Trinajstić information content (AvgIpc) is 3.14. The molecule has 2 N–H and O–H groups in total. The Balaban J connectivity index is 1.60. The number of fused-ring (bicyclic) bond motifs is 2. The van der Waals surface area contributed by atoms with Crippen LogP contribution in [0, 0.1) is 13.8 Å². The van der Waals surface area contributed by atoms with E-state index in [2.05, 4.69) is 15.3 Å². The standard InChI is InChI=1S/C22H24N4O4/c1-13-10-26-11-19(25-21(26)15(3)24-13)18-8-16-4-5-17(9-20(16)30-22(18)28)29-7-6-23-14(2)12-27/h4-5,8-11,14,23,27H,6-7,12H2,1-3H3/t14-/m1/s1. The van der Waals surface area contributed by atoms with Gasteiger partial charge < -0.3 is 24.0 Å². The molecule has 0 radical (unpaired) electrons. The maximum atomic E-state index is 12.6. The quantitative estimate of drug-likeness (QED) is 0.358. The number of aliphatic hydroxyl groups is 1. The summed E-state index contributed by atoms with van der Waals surface area (Å²) in [6, 6.07) is 7.20. The van der Waals surface area contributed by atoms with Crippen molar-refractivity contribution < 1.29 is 14.3 Å². The van der Waals surface area contributed by atoms with E-state index in [1.165, 1.54) is 0 Å². The van der Waals surface area contributed by atoms with E-state index in [-0.39, 0.29) is 12.6 Å². The maximum absolute atomic E-state index is 12.6. The van der Waals surface area contributed by atoms with Gasteiger partial charge >= 0.3 is 5.63 Å². The molecule has 0 bridgehead atoms. The lowest BCUT2D eigenvalue weighted by molar-refractivity contribution is 0.239. The summed E-state index contributed by atoms with van der Waals surface area (Å²) in [4.78, 5) is 21.6. The molecule has 0 aliphatic heterocycles. The van der Waals surface area contributed by atoms with E-state index in [1.807, 2.05) is 49.7 Å². The number of aromatic nitrogens is 3. The van der Waals surface area contributed by atoms with Gasteiger partial charge in [0.25, 0.3) is 0 Å². The molecule has 0 aliphatic rings. The normalized spacial score (nSPS) is 12.5. The van der Waals surface area contributed by atoms with E-state index in [0.717, 1.165) is 16.8 Å². The molecule has 0 saturated carbocycles. The number of nitrogens with one attached hydrogen (secondary N) is 1. The largest absolute Gasteiger partial charge is 0.492 e. The summed E-state index contributed by atoms with van der Waals surface area (Å²) in [5.74, 6) is 0.613. The molecule has 1 aromatic carbocycles. The Bertz CT molecular complexity index is 1260. The summed E-state index contributed by atoms with van der Waals surface area (Å²) in [5, 5.41) is 12.9. The zero-order chi connectivity index (χ0) is 21.3. The maximum Gasteiger partial charge on any atom is 0.345 e. The highest BCUT2D eigenvalue weighted by Gasteiger charge is 2.14. The number of imidazole rings is 1. The number of nitrogens with zero attached hydrogens (tertiary/aromatic N) is 3. The van der Waals surface area contributed by atoms with Gasteiger partial charge in [-0.15, -0.1) is 0 Å². The van der Waals surface area contributed by atoms with Crippen LogP contribution in [0.1, 0.15) is 18.3 Å². The molecule has 0 aliphatic carbocycles. The van der Waals surface area contributed by atoms with Crippen LogP contribution < -0.4 is 15.7 Å². The Hall–Kier alpha value is -3.23. The first-order valence-corrected chi connectivity index (χ1v) is 9.83. The van der Waals surface area contributed by atoms with Gasteiger partial charge in [-0.3, -0.25) is 4.98 Å². The van der Waals surface area contributed by atoms with Gasteiger partial charge in [-0.1, -0.05) is 0 Å². The van der Waals surface area contributed by atoms with E-state index in [1.54, 1.807) is 12.1 Å². The molecule has 30 heavy (non-hydrogen) atoms. The van der Waals surface area contributed by atoms with Crippen molar-refractivity contribution in [2.75, 3.05) is 19.8 Å². The fourth-order valence-electron chi connectivity index (χ4n) is 3.33. The molecule has 0 fully saturated rings.